The van der Waals surface area contributed by atoms with Gasteiger partial charge in [-0.2, -0.15) is 0 Å². The Labute approximate surface area is 194 Å². The minimum absolute atomic E-state index is 0.0611. The van der Waals surface area contributed by atoms with E-state index >= 15 is 0 Å². The smallest absolute Gasteiger partial charge is 0.266 e. The third-order valence-corrected chi connectivity index (χ3v) is 5.57. The first-order valence-electron chi connectivity index (χ1n) is 10.6. The van der Waals surface area contributed by atoms with Gasteiger partial charge >= 0.3 is 0 Å². The molecule has 0 bridgehead atoms. The fraction of sp³-hybridized carbons (Fsp3) is 0.0800. The van der Waals surface area contributed by atoms with Crippen LogP contribution in [0.2, 0.25) is 0 Å². The summed E-state index contributed by atoms with van der Waals surface area (Å²) in [4.78, 5) is 35.9. The van der Waals surface area contributed by atoms with Gasteiger partial charge in [0.15, 0.2) is 11.5 Å². The van der Waals surface area contributed by atoms with E-state index in [1.165, 1.54) is 9.08 Å². The Morgan fingerprint density at radius 3 is 2.71 bits per heavy atom. The van der Waals surface area contributed by atoms with Gasteiger partial charge in [-0.25, -0.2) is 14.5 Å². The van der Waals surface area contributed by atoms with E-state index < -0.39 is 11.9 Å². The molecule has 3 heterocycles. The van der Waals surface area contributed by atoms with Gasteiger partial charge in [-0.3, -0.25) is 14.2 Å². The van der Waals surface area contributed by atoms with E-state index in [0.29, 0.717) is 33.6 Å². The molecular weight excluding hydrogens is 430 g/mol. The number of amides is 1. The summed E-state index contributed by atoms with van der Waals surface area (Å²) in [6.07, 6.45) is 4.85. The minimum atomic E-state index is -0.643. The highest BCUT2D eigenvalue weighted by Gasteiger charge is 2.24. The molecule has 9 nitrogen and oxygen atoms in total. The number of anilines is 1. The zero-order valence-electron chi connectivity index (χ0n) is 18.3. The van der Waals surface area contributed by atoms with E-state index in [2.05, 4.69) is 22.0 Å². The number of para-hydroxylation sites is 1. The zero-order valence-corrected chi connectivity index (χ0v) is 18.3. The van der Waals surface area contributed by atoms with Crippen LogP contribution in [-0.2, 0) is 0 Å². The fourth-order valence-corrected chi connectivity index (χ4v) is 4.02. The molecule has 0 aliphatic carbocycles. The Morgan fingerprint density at radius 2 is 1.94 bits per heavy atom. The third-order valence-electron chi connectivity index (χ3n) is 5.57. The summed E-state index contributed by atoms with van der Waals surface area (Å²) in [5.74, 6) is -0.0280. The van der Waals surface area contributed by atoms with Gasteiger partial charge in [0, 0.05) is 12.4 Å². The Hall–Kier alpha value is -4.79. The highest BCUT2D eigenvalue weighted by atomic mass is 16.2. The molecule has 1 atom stereocenters. The lowest BCUT2D eigenvalue weighted by Crippen LogP contribution is -2.33. The SMILES string of the molecule is C=Cc1cccc2nc(C(C)NC(=O)c3c(N)nn4cccnc34)n(-c3ccccc3)c(=O)c12. The van der Waals surface area contributed by atoms with Gasteiger partial charge < -0.3 is 11.1 Å². The number of rotatable bonds is 5. The standard InChI is InChI=1S/C25H21N7O2/c1-3-16-9-7-12-18-19(16)25(34)32(17-10-5-4-6-11-17)22(29-18)15(2)28-24(33)20-21(26)30-31-14-8-13-27-23(20)31/h3-15H,1H2,2H3,(H2,26,30)(H,28,33). The number of nitrogen functional groups attached to an aromatic ring is 1. The lowest BCUT2D eigenvalue weighted by atomic mass is 10.1. The van der Waals surface area contributed by atoms with Crippen LogP contribution in [0.5, 0.6) is 0 Å². The number of aromatic nitrogens is 5. The lowest BCUT2D eigenvalue weighted by Gasteiger charge is -2.20. The maximum Gasteiger partial charge on any atom is 0.266 e. The van der Waals surface area contributed by atoms with Gasteiger partial charge in [0.2, 0.25) is 0 Å². The number of carbonyl (C=O) groups is 1. The van der Waals surface area contributed by atoms with Crippen LogP contribution in [0, 0.1) is 0 Å². The molecular formula is C25H21N7O2. The van der Waals surface area contributed by atoms with Crippen LogP contribution in [0.1, 0.15) is 34.7 Å². The predicted octanol–water partition coefficient (Wildman–Crippen LogP) is 3.14. The van der Waals surface area contributed by atoms with E-state index in [4.69, 9.17) is 10.7 Å². The first-order valence-corrected chi connectivity index (χ1v) is 10.6. The van der Waals surface area contributed by atoms with Gasteiger partial charge in [0.05, 0.1) is 22.6 Å². The van der Waals surface area contributed by atoms with Crippen LogP contribution in [0.15, 0.2) is 78.4 Å². The van der Waals surface area contributed by atoms with Crippen molar-refractivity contribution in [1.29, 1.82) is 0 Å². The molecule has 168 valence electrons. The van der Waals surface area contributed by atoms with Gasteiger partial charge in [0.1, 0.15) is 11.4 Å². The Balaban J connectivity index is 1.65. The molecule has 0 saturated carbocycles. The van der Waals surface area contributed by atoms with E-state index in [-0.39, 0.29) is 16.9 Å². The molecule has 34 heavy (non-hydrogen) atoms. The minimum Gasteiger partial charge on any atom is -0.381 e. The van der Waals surface area contributed by atoms with Crippen molar-refractivity contribution < 1.29 is 4.79 Å². The maximum atomic E-state index is 13.7. The van der Waals surface area contributed by atoms with Gasteiger partial charge in [0.25, 0.3) is 11.5 Å². The second-order valence-corrected chi connectivity index (χ2v) is 7.73. The van der Waals surface area contributed by atoms with E-state index in [9.17, 15) is 9.59 Å². The van der Waals surface area contributed by atoms with Gasteiger partial charge in [-0.1, -0.05) is 43.0 Å². The second kappa shape index (κ2) is 8.28. The summed E-state index contributed by atoms with van der Waals surface area (Å²) in [5.41, 5.74) is 8.10. The van der Waals surface area contributed by atoms with Crippen molar-refractivity contribution >= 4 is 34.4 Å². The first kappa shape index (κ1) is 21.1. The number of hydrogen-bond acceptors (Lipinski definition) is 6. The van der Waals surface area contributed by atoms with Crippen LogP contribution >= 0.6 is 0 Å². The monoisotopic (exact) mass is 451 g/mol. The molecule has 1 amide bonds. The van der Waals surface area contributed by atoms with Gasteiger partial charge in [-0.15, -0.1) is 5.10 Å². The molecule has 0 aliphatic rings. The number of benzene rings is 2. The summed E-state index contributed by atoms with van der Waals surface area (Å²) in [6.45, 7) is 5.59. The van der Waals surface area contributed by atoms with Crippen molar-refractivity contribution in [3.8, 4) is 5.69 Å². The number of nitrogens with zero attached hydrogens (tertiary/aromatic N) is 5. The second-order valence-electron chi connectivity index (χ2n) is 7.73. The zero-order chi connectivity index (χ0) is 23.8. The predicted molar refractivity (Wildman–Crippen MR) is 131 cm³/mol. The lowest BCUT2D eigenvalue weighted by molar-refractivity contribution is 0.0940. The number of hydrogen-bond donors (Lipinski definition) is 2. The average Bonchev–Trinajstić information content (AvgIpc) is 3.19. The number of nitrogens with two attached hydrogens (primary N) is 1. The summed E-state index contributed by atoms with van der Waals surface area (Å²) in [5, 5.41) is 7.51. The molecule has 0 fully saturated rings. The summed E-state index contributed by atoms with van der Waals surface area (Å²) in [7, 11) is 0. The van der Waals surface area contributed by atoms with Crippen molar-refractivity contribution in [2.24, 2.45) is 0 Å². The van der Waals surface area contributed by atoms with Crippen LogP contribution in [0.25, 0.3) is 28.3 Å². The number of carbonyl (C=O) groups excluding carboxylic acids is 1. The maximum absolute atomic E-state index is 13.7. The number of fused-ring (bicyclic) bond motifs is 2. The molecule has 0 saturated heterocycles. The largest absolute Gasteiger partial charge is 0.381 e. The summed E-state index contributed by atoms with van der Waals surface area (Å²) in [6, 6.07) is 15.6. The third kappa shape index (κ3) is 3.39. The van der Waals surface area contributed by atoms with Crippen molar-refractivity contribution in [2.45, 2.75) is 13.0 Å². The number of nitrogens with one attached hydrogen (secondary N) is 1. The highest BCUT2D eigenvalue weighted by molar-refractivity contribution is 6.04. The quantitative estimate of drug-likeness (QED) is 0.424. The molecule has 2 aromatic carbocycles. The van der Waals surface area contributed by atoms with Crippen LogP contribution in [0.3, 0.4) is 0 Å². The summed E-state index contributed by atoms with van der Waals surface area (Å²) >= 11 is 0. The summed E-state index contributed by atoms with van der Waals surface area (Å²) < 4.78 is 2.96. The normalized spacial score (nSPS) is 12.0. The fourth-order valence-electron chi connectivity index (χ4n) is 4.02. The molecule has 0 spiro atoms. The molecule has 1 unspecified atom stereocenters. The van der Waals surface area contributed by atoms with Gasteiger partial charge in [-0.05, 0) is 36.8 Å². The van der Waals surface area contributed by atoms with E-state index in [0.717, 1.165) is 0 Å². The topological polar surface area (TPSA) is 120 Å². The Bertz CT molecular complexity index is 1620. The first-order chi connectivity index (χ1) is 16.5. The average molecular weight is 451 g/mol. The van der Waals surface area contributed by atoms with Crippen molar-refractivity contribution in [1.82, 2.24) is 29.5 Å². The molecule has 9 heteroatoms. The van der Waals surface area contributed by atoms with Crippen LogP contribution in [-0.4, -0.2) is 30.1 Å². The molecule has 3 N–H and O–H groups in total. The molecule has 0 aliphatic heterocycles. The Kier molecular flexibility index (Phi) is 5.14. The van der Waals surface area contributed by atoms with Crippen molar-refractivity contribution in [2.75, 3.05) is 5.73 Å². The highest BCUT2D eigenvalue weighted by Crippen LogP contribution is 2.22. The molecule has 0 radical (unpaired) electrons. The molecule has 5 aromatic rings. The van der Waals surface area contributed by atoms with Crippen molar-refractivity contribution in [3.05, 3.63) is 101 Å². The Morgan fingerprint density at radius 1 is 1.15 bits per heavy atom. The molecule has 3 aromatic heterocycles. The van der Waals surface area contributed by atoms with E-state index in [1.807, 2.05) is 42.5 Å². The van der Waals surface area contributed by atoms with E-state index in [1.54, 1.807) is 37.5 Å². The van der Waals surface area contributed by atoms with Crippen molar-refractivity contribution in [3.63, 3.8) is 0 Å². The van der Waals surface area contributed by atoms with Crippen LogP contribution < -0.4 is 16.6 Å². The molecule has 5 rings (SSSR count). The van der Waals surface area contributed by atoms with Crippen LogP contribution in [0.4, 0.5) is 5.82 Å².